The topological polar surface area (TPSA) is 92.6 Å². The highest BCUT2D eigenvalue weighted by atomic mass is 35.5. The molecule has 7 nitrogen and oxygen atoms in total. The third-order valence-electron chi connectivity index (χ3n) is 4.82. The molecule has 0 aliphatic heterocycles. The molecule has 0 aliphatic carbocycles. The fraction of sp³-hybridized carbons (Fsp3) is 0.417. The molecule has 2 aromatic rings. The van der Waals surface area contributed by atoms with E-state index in [1.54, 1.807) is 23.1 Å². The van der Waals surface area contributed by atoms with Gasteiger partial charge in [-0.1, -0.05) is 48.9 Å². The summed E-state index contributed by atoms with van der Waals surface area (Å²) in [6, 6.07) is 12.9. The molecule has 0 aliphatic rings. The van der Waals surface area contributed by atoms with Crippen molar-refractivity contribution in [2.75, 3.05) is 5.75 Å². The predicted octanol–water partition coefficient (Wildman–Crippen LogP) is 5.20. The van der Waals surface area contributed by atoms with E-state index in [4.69, 9.17) is 11.6 Å². The van der Waals surface area contributed by atoms with Crippen LogP contribution >= 0.6 is 23.4 Å². The first-order chi connectivity index (χ1) is 15.5. The van der Waals surface area contributed by atoms with Crippen molar-refractivity contribution in [3.05, 3.63) is 74.8 Å². The highest BCUT2D eigenvalue weighted by molar-refractivity contribution is 7.99. The molecule has 0 saturated carbocycles. The van der Waals surface area contributed by atoms with E-state index in [1.165, 1.54) is 23.9 Å². The van der Waals surface area contributed by atoms with Gasteiger partial charge in [0.2, 0.25) is 11.8 Å². The summed E-state index contributed by atoms with van der Waals surface area (Å²) < 4.78 is 0. The van der Waals surface area contributed by atoms with Gasteiger partial charge in [0, 0.05) is 35.0 Å². The lowest BCUT2D eigenvalue weighted by molar-refractivity contribution is -0.384. The number of nitrogens with zero attached hydrogens (tertiary/aromatic N) is 2. The minimum absolute atomic E-state index is 0.0291. The number of rotatable bonds is 10. The van der Waals surface area contributed by atoms with Crippen LogP contribution in [0.2, 0.25) is 5.02 Å². The van der Waals surface area contributed by atoms with E-state index in [0.29, 0.717) is 17.2 Å². The molecule has 9 heteroatoms. The summed E-state index contributed by atoms with van der Waals surface area (Å²) in [5.74, 6) is 0.318. The van der Waals surface area contributed by atoms with Crippen LogP contribution in [0.25, 0.3) is 0 Å². The first-order valence-corrected chi connectivity index (χ1v) is 12.2. The zero-order chi connectivity index (χ0) is 24.6. The van der Waals surface area contributed by atoms with Gasteiger partial charge in [0.05, 0.1) is 10.7 Å². The molecule has 1 atom stereocenters. The zero-order valence-corrected chi connectivity index (χ0v) is 20.9. The second-order valence-corrected chi connectivity index (χ2v) is 10.1. The number of halogens is 1. The Kier molecular flexibility index (Phi) is 9.73. The van der Waals surface area contributed by atoms with Gasteiger partial charge in [-0.15, -0.1) is 11.8 Å². The van der Waals surface area contributed by atoms with Gasteiger partial charge in [-0.3, -0.25) is 19.7 Å². The number of carbonyl (C=O) groups excluding carboxylic acids is 2. The largest absolute Gasteiger partial charge is 0.350 e. The smallest absolute Gasteiger partial charge is 0.269 e. The summed E-state index contributed by atoms with van der Waals surface area (Å²) in [6.45, 7) is 7.81. The average Bonchev–Trinajstić information content (AvgIpc) is 2.74. The second kappa shape index (κ2) is 12.0. The highest BCUT2D eigenvalue weighted by Gasteiger charge is 2.30. The summed E-state index contributed by atoms with van der Waals surface area (Å²) in [6.07, 6.45) is 0.463. The molecule has 2 rings (SSSR count). The fourth-order valence-electron chi connectivity index (χ4n) is 3.24. The number of hydrogen-bond acceptors (Lipinski definition) is 5. The average molecular weight is 492 g/mol. The van der Waals surface area contributed by atoms with Crippen LogP contribution in [0.5, 0.6) is 0 Å². The summed E-state index contributed by atoms with van der Waals surface area (Å²) >= 11 is 7.73. The molecular formula is C24H30ClN3O4S. The van der Waals surface area contributed by atoms with Crippen LogP contribution in [0, 0.1) is 10.1 Å². The fourth-order valence-corrected chi connectivity index (χ4v) is 4.30. The monoisotopic (exact) mass is 491 g/mol. The molecular weight excluding hydrogens is 462 g/mol. The van der Waals surface area contributed by atoms with Crippen LogP contribution in [-0.4, -0.2) is 39.0 Å². The van der Waals surface area contributed by atoms with E-state index in [1.807, 2.05) is 45.9 Å². The van der Waals surface area contributed by atoms with Gasteiger partial charge < -0.3 is 10.2 Å². The molecule has 0 aromatic heterocycles. The van der Waals surface area contributed by atoms with Gasteiger partial charge >= 0.3 is 0 Å². The molecule has 2 aromatic carbocycles. The standard InChI is InChI=1S/C24H30ClN3O4S/c1-5-21(23(30)26-24(2,3)4)27(14-18-8-6-7-9-20(18)25)22(29)16-33-15-17-10-12-19(13-11-17)28(31)32/h6-13,21H,5,14-16H2,1-4H3,(H,26,30)/t21-/m0/s1. The molecule has 0 spiro atoms. The van der Waals surface area contributed by atoms with Gasteiger partial charge in [-0.2, -0.15) is 0 Å². The molecule has 1 N–H and O–H groups in total. The van der Waals surface area contributed by atoms with E-state index >= 15 is 0 Å². The number of hydrogen-bond donors (Lipinski definition) is 1. The Bertz CT molecular complexity index is 976. The van der Waals surface area contributed by atoms with E-state index in [0.717, 1.165) is 11.1 Å². The van der Waals surface area contributed by atoms with E-state index in [2.05, 4.69) is 5.32 Å². The van der Waals surface area contributed by atoms with Crippen molar-refractivity contribution in [3.63, 3.8) is 0 Å². The van der Waals surface area contributed by atoms with Gasteiger partial charge in [0.1, 0.15) is 6.04 Å². The Morgan fingerprint density at radius 2 is 1.79 bits per heavy atom. The third kappa shape index (κ3) is 8.37. The first kappa shape index (κ1) is 26.7. The maximum Gasteiger partial charge on any atom is 0.269 e. The molecule has 0 heterocycles. The van der Waals surface area contributed by atoms with Gasteiger partial charge in [-0.25, -0.2) is 0 Å². The lowest BCUT2D eigenvalue weighted by atomic mass is 10.1. The van der Waals surface area contributed by atoms with E-state index in [-0.39, 0.29) is 29.8 Å². The van der Waals surface area contributed by atoms with E-state index < -0.39 is 16.5 Å². The van der Waals surface area contributed by atoms with Crippen LogP contribution in [0.15, 0.2) is 48.5 Å². The number of nitrogens with one attached hydrogen (secondary N) is 1. The van der Waals surface area contributed by atoms with Crippen molar-refractivity contribution >= 4 is 40.9 Å². The minimum atomic E-state index is -0.632. The second-order valence-electron chi connectivity index (χ2n) is 8.69. The Labute approximate surface area is 204 Å². The predicted molar refractivity (Wildman–Crippen MR) is 133 cm³/mol. The Hall–Kier alpha value is -2.58. The summed E-state index contributed by atoms with van der Waals surface area (Å²) in [5.41, 5.74) is 1.26. The maximum absolute atomic E-state index is 13.3. The first-order valence-electron chi connectivity index (χ1n) is 10.7. The molecule has 33 heavy (non-hydrogen) atoms. The lowest BCUT2D eigenvalue weighted by Crippen LogP contribution is -2.53. The minimum Gasteiger partial charge on any atom is -0.350 e. The molecule has 0 fully saturated rings. The van der Waals surface area contributed by atoms with Gasteiger partial charge in [-0.05, 0) is 44.4 Å². The molecule has 0 unspecified atom stereocenters. The van der Waals surface area contributed by atoms with Crippen molar-refractivity contribution in [2.24, 2.45) is 0 Å². The Morgan fingerprint density at radius 3 is 2.33 bits per heavy atom. The van der Waals surface area contributed by atoms with Crippen LogP contribution in [0.4, 0.5) is 5.69 Å². The maximum atomic E-state index is 13.3. The number of nitro groups is 1. The Balaban J connectivity index is 2.15. The SMILES string of the molecule is CC[C@@H](C(=O)NC(C)(C)C)N(Cc1ccccc1Cl)C(=O)CSCc1ccc([N+](=O)[O-])cc1. The molecule has 2 amide bonds. The molecule has 0 radical (unpaired) electrons. The normalized spacial score (nSPS) is 12.2. The van der Waals surface area contributed by atoms with Crippen LogP contribution in [0.1, 0.15) is 45.2 Å². The van der Waals surface area contributed by atoms with Crippen molar-refractivity contribution in [1.82, 2.24) is 10.2 Å². The van der Waals surface area contributed by atoms with Crippen molar-refractivity contribution in [2.45, 2.75) is 58.0 Å². The van der Waals surface area contributed by atoms with Crippen molar-refractivity contribution < 1.29 is 14.5 Å². The third-order valence-corrected chi connectivity index (χ3v) is 6.18. The zero-order valence-electron chi connectivity index (χ0n) is 19.3. The van der Waals surface area contributed by atoms with Crippen molar-refractivity contribution in [3.8, 4) is 0 Å². The van der Waals surface area contributed by atoms with Crippen molar-refractivity contribution in [1.29, 1.82) is 0 Å². The van der Waals surface area contributed by atoms with E-state index in [9.17, 15) is 19.7 Å². The van der Waals surface area contributed by atoms with Gasteiger partial charge in [0.25, 0.3) is 5.69 Å². The molecule has 178 valence electrons. The Morgan fingerprint density at radius 1 is 1.15 bits per heavy atom. The van der Waals surface area contributed by atoms with Crippen LogP contribution in [-0.2, 0) is 21.9 Å². The summed E-state index contributed by atoms with van der Waals surface area (Å²) in [7, 11) is 0. The number of nitro benzene ring substituents is 1. The van der Waals surface area contributed by atoms with Crippen LogP contribution in [0.3, 0.4) is 0 Å². The number of benzene rings is 2. The number of amides is 2. The lowest BCUT2D eigenvalue weighted by Gasteiger charge is -2.33. The summed E-state index contributed by atoms with van der Waals surface area (Å²) in [4.78, 5) is 38.2. The molecule has 0 bridgehead atoms. The van der Waals surface area contributed by atoms with Crippen LogP contribution < -0.4 is 5.32 Å². The quantitative estimate of drug-likeness (QED) is 0.364. The number of non-ortho nitro benzene ring substituents is 1. The number of carbonyl (C=O) groups is 2. The highest BCUT2D eigenvalue weighted by Crippen LogP contribution is 2.22. The van der Waals surface area contributed by atoms with Gasteiger partial charge in [0.15, 0.2) is 0 Å². The summed E-state index contributed by atoms with van der Waals surface area (Å²) in [5, 5.41) is 14.3. The molecule has 0 saturated heterocycles. The number of thioether (sulfide) groups is 1.